The van der Waals surface area contributed by atoms with E-state index in [0.29, 0.717) is 19.4 Å². The zero-order chi connectivity index (χ0) is 45.1. The topological polar surface area (TPSA) is 95.9 Å². The molecule has 0 aromatic heterocycles. The van der Waals surface area contributed by atoms with Gasteiger partial charge >= 0.3 is 5.97 Å². The van der Waals surface area contributed by atoms with Crippen molar-refractivity contribution in [2.75, 3.05) is 13.2 Å². The minimum atomic E-state index is -0.844. The van der Waals surface area contributed by atoms with E-state index >= 15 is 0 Å². The minimum absolute atomic E-state index is 0.00923. The van der Waals surface area contributed by atoms with Crippen molar-refractivity contribution in [3.8, 4) is 0 Å². The molecule has 0 spiro atoms. The number of hydrogen-bond donors (Lipinski definition) is 3. The third-order valence-electron chi connectivity index (χ3n) is 13.1. The largest absolute Gasteiger partial charge is 0.466 e. The van der Waals surface area contributed by atoms with Gasteiger partial charge in [0, 0.05) is 12.8 Å². The first kappa shape index (κ1) is 60.6. The van der Waals surface area contributed by atoms with E-state index in [1.54, 1.807) is 6.08 Å². The Hall–Kier alpha value is -1.40. The Morgan fingerprint density at radius 1 is 0.435 bits per heavy atom. The molecule has 0 saturated carbocycles. The summed E-state index contributed by atoms with van der Waals surface area (Å²) in [6.07, 6.45) is 60.8. The van der Waals surface area contributed by atoms with E-state index in [0.717, 1.165) is 38.5 Å². The van der Waals surface area contributed by atoms with Crippen LogP contribution in [0, 0.1) is 0 Å². The standard InChI is InChI=1S/C56H109NO5/c1-3-5-7-9-11-13-15-17-25-28-32-36-40-44-48-54(59)53(52-58)57-55(60)49-45-41-37-33-29-26-23-21-19-18-20-22-24-27-31-35-39-43-47-51-62-56(61)50-46-42-38-34-30-16-14-12-10-8-6-4-2/h44,48,53-54,58-59H,3-43,45-47,49-52H2,1-2H3,(H,57,60)/b48-44+. The summed E-state index contributed by atoms with van der Waals surface area (Å²) in [7, 11) is 0. The van der Waals surface area contributed by atoms with Gasteiger partial charge in [0.25, 0.3) is 0 Å². The highest BCUT2D eigenvalue weighted by Crippen LogP contribution is 2.17. The molecule has 0 bridgehead atoms. The van der Waals surface area contributed by atoms with Gasteiger partial charge in [0.15, 0.2) is 0 Å². The first-order valence-corrected chi connectivity index (χ1v) is 28.0. The van der Waals surface area contributed by atoms with E-state index < -0.39 is 12.1 Å². The molecule has 0 aliphatic heterocycles. The van der Waals surface area contributed by atoms with Gasteiger partial charge in [-0.2, -0.15) is 0 Å². The summed E-state index contributed by atoms with van der Waals surface area (Å²) >= 11 is 0. The predicted molar refractivity (Wildman–Crippen MR) is 269 cm³/mol. The van der Waals surface area contributed by atoms with Crippen molar-refractivity contribution in [2.24, 2.45) is 0 Å². The van der Waals surface area contributed by atoms with Crippen LogP contribution in [-0.2, 0) is 14.3 Å². The lowest BCUT2D eigenvalue weighted by atomic mass is 10.0. The van der Waals surface area contributed by atoms with Gasteiger partial charge in [0.05, 0.1) is 25.4 Å². The average Bonchev–Trinajstić information content (AvgIpc) is 3.27. The lowest BCUT2D eigenvalue weighted by Crippen LogP contribution is -2.45. The second-order valence-corrected chi connectivity index (χ2v) is 19.3. The smallest absolute Gasteiger partial charge is 0.305 e. The van der Waals surface area contributed by atoms with Gasteiger partial charge in [-0.3, -0.25) is 9.59 Å². The summed E-state index contributed by atoms with van der Waals surface area (Å²) in [5.74, 6) is -0.0603. The highest BCUT2D eigenvalue weighted by molar-refractivity contribution is 5.76. The second-order valence-electron chi connectivity index (χ2n) is 19.3. The molecular formula is C56H109NO5. The fourth-order valence-corrected chi connectivity index (χ4v) is 8.75. The molecule has 0 aliphatic rings. The van der Waals surface area contributed by atoms with E-state index in [1.807, 2.05) is 6.08 Å². The van der Waals surface area contributed by atoms with Gasteiger partial charge in [-0.15, -0.1) is 0 Å². The van der Waals surface area contributed by atoms with E-state index in [-0.39, 0.29) is 18.5 Å². The van der Waals surface area contributed by atoms with Crippen LogP contribution in [0.2, 0.25) is 0 Å². The van der Waals surface area contributed by atoms with Gasteiger partial charge in [0.1, 0.15) is 0 Å². The molecule has 0 radical (unpaired) electrons. The van der Waals surface area contributed by atoms with Gasteiger partial charge in [0.2, 0.25) is 5.91 Å². The number of aliphatic hydroxyl groups is 2. The molecule has 0 fully saturated rings. The normalized spacial score (nSPS) is 12.6. The molecule has 2 unspecified atom stereocenters. The fourth-order valence-electron chi connectivity index (χ4n) is 8.75. The molecule has 3 N–H and O–H groups in total. The monoisotopic (exact) mass is 876 g/mol. The number of amides is 1. The quantitative estimate of drug-likeness (QED) is 0.0321. The zero-order valence-electron chi connectivity index (χ0n) is 41.9. The van der Waals surface area contributed by atoms with Crippen LogP contribution in [0.5, 0.6) is 0 Å². The number of aliphatic hydroxyl groups excluding tert-OH is 2. The Labute approximate surface area is 387 Å². The zero-order valence-corrected chi connectivity index (χ0v) is 41.9. The summed E-state index contributed by atoms with van der Waals surface area (Å²) in [5.41, 5.74) is 0. The predicted octanol–water partition coefficient (Wildman–Crippen LogP) is 16.9. The summed E-state index contributed by atoms with van der Waals surface area (Å²) < 4.78 is 5.47. The van der Waals surface area contributed by atoms with Crippen LogP contribution < -0.4 is 5.32 Å². The lowest BCUT2D eigenvalue weighted by molar-refractivity contribution is -0.143. The maximum absolute atomic E-state index is 12.4. The van der Waals surface area contributed by atoms with Crippen molar-refractivity contribution in [1.82, 2.24) is 5.32 Å². The number of allylic oxidation sites excluding steroid dienone is 1. The minimum Gasteiger partial charge on any atom is -0.466 e. The van der Waals surface area contributed by atoms with Crippen LogP contribution in [0.3, 0.4) is 0 Å². The summed E-state index contributed by atoms with van der Waals surface area (Å²) in [6.45, 7) is 4.91. The van der Waals surface area contributed by atoms with Crippen LogP contribution in [0.15, 0.2) is 12.2 Å². The first-order chi connectivity index (χ1) is 30.5. The van der Waals surface area contributed by atoms with E-state index in [1.165, 1.54) is 244 Å². The van der Waals surface area contributed by atoms with Crippen molar-refractivity contribution >= 4 is 11.9 Å². The fraction of sp³-hybridized carbons (Fsp3) is 0.929. The van der Waals surface area contributed by atoms with Crippen LogP contribution >= 0.6 is 0 Å². The van der Waals surface area contributed by atoms with Crippen LogP contribution in [0.1, 0.15) is 309 Å². The molecule has 0 heterocycles. The highest BCUT2D eigenvalue weighted by Gasteiger charge is 2.18. The number of carbonyl (C=O) groups is 2. The Bertz CT molecular complexity index is 924. The maximum Gasteiger partial charge on any atom is 0.305 e. The third kappa shape index (κ3) is 48.1. The SMILES string of the molecule is CCCCCCCCCCCCCC/C=C/C(O)C(CO)NC(=O)CCCCCCCCCCCCCCCCCCCCCOC(=O)CCCCCCCCCCCCCC. The molecular weight excluding hydrogens is 767 g/mol. The number of rotatable bonds is 52. The number of hydrogen-bond acceptors (Lipinski definition) is 5. The number of carbonyl (C=O) groups excluding carboxylic acids is 2. The molecule has 368 valence electrons. The number of esters is 1. The number of unbranched alkanes of at least 4 members (excludes halogenated alkanes) is 41. The molecule has 0 saturated heterocycles. The number of nitrogens with one attached hydrogen (secondary N) is 1. The molecule has 1 amide bonds. The van der Waals surface area contributed by atoms with Crippen molar-refractivity contribution in [1.29, 1.82) is 0 Å². The average molecular weight is 876 g/mol. The summed E-state index contributed by atoms with van der Waals surface area (Å²) in [6, 6.07) is -0.628. The molecule has 0 aromatic carbocycles. The van der Waals surface area contributed by atoms with Gasteiger partial charge in [-0.05, 0) is 32.1 Å². The molecule has 6 heteroatoms. The molecule has 0 rings (SSSR count). The van der Waals surface area contributed by atoms with Gasteiger partial charge in [-0.25, -0.2) is 0 Å². The Morgan fingerprint density at radius 3 is 1.10 bits per heavy atom. The lowest BCUT2D eigenvalue weighted by Gasteiger charge is -2.20. The van der Waals surface area contributed by atoms with Gasteiger partial charge in [-0.1, -0.05) is 276 Å². The Morgan fingerprint density at radius 2 is 0.742 bits per heavy atom. The van der Waals surface area contributed by atoms with E-state index in [4.69, 9.17) is 4.74 Å². The summed E-state index contributed by atoms with van der Waals surface area (Å²) in [5, 5.41) is 23.1. The van der Waals surface area contributed by atoms with E-state index in [9.17, 15) is 19.8 Å². The van der Waals surface area contributed by atoms with Crippen LogP contribution in [0.25, 0.3) is 0 Å². The molecule has 0 aromatic rings. The molecule has 62 heavy (non-hydrogen) atoms. The van der Waals surface area contributed by atoms with Crippen molar-refractivity contribution in [2.45, 2.75) is 321 Å². The van der Waals surface area contributed by atoms with Crippen molar-refractivity contribution < 1.29 is 24.5 Å². The molecule has 6 nitrogen and oxygen atoms in total. The van der Waals surface area contributed by atoms with E-state index in [2.05, 4.69) is 19.2 Å². The Kier molecular flexibility index (Phi) is 51.0. The van der Waals surface area contributed by atoms with Gasteiger partial charge < -0.3 is 20.3 Å². The van der Waals surface area contributed by atoms with Crippen molar-refractivity contribution in [3.05, 3.63) is 12.2 Å². The molecule has 0 aliphatic carbocycles. The maximum atomic E-state index is 12.4. The van der Waals surface area contributed by atoms with Crippen molar-refractivity contribution in [3.63, 3.8) is 0 Å². The van der Waals surface area contributed by atoms with Crippen LogP contribution in [-0.4, -0.2) is 47.4 Å². The van der Waals surface area contributed by atoms with Crippen LogP contribution in [0.4, 0.5) is 0 Å². The number of ether oxygens (including phenoxy) is 1. The highest BCUT2D eigenvalue weighted by atomic mass is 16.5. The molecule has 2 atom stereocenters. The second kappa shape index (κ2) is 52.2. The first-order valence-electron chi connectivity index (χ1n) is 28.0. The Balaban J connectivity index is 3.42. The summed E-state index contributed by atoms with van der Waals surface area (Å²) in [4.78, 5) is 24.4. The third-order valence-corrected chi connectivity index (χ3v) is 13.1.